The number of amides is 1. The molecule has 2 rings (SSSR count). The fourth-order valence-electron chi connectivity index (χ4n) is 3.00. The number of sulfone groups is 1. The minimum atomic E-state index is -3.27. The van der Waals surface area contributed by atoms with Gasteiger partial charge in [0.2, 0.25) is 0 Å². The van der Waals surface area contributed by atoms with Crippen molar-refractivity contribution in [2.75, 3.05) is 5.75 Å². The standard InChI is InChI=1S/C18H26BrNO4S/c1-18(2,3)24-17(21)20-15-8-4-13(5-9-15)12-25(22,23)16-10-6-14(19)7-11-16/h6-7,10-11,13,15H,4-5,8-9,12H2,1-3H3,(H,20,21). The molecule has 1 aromatic rings. The number of carbonyl (C=O) groups excluding carboxylic acids is 1. The van der Waals surface area contributed by atoms with Crippen LogP contribution in [0.15, 0.2) is 33.6 Å². The minimum absolute atomic E-state index is 0.0569. The van der Waals surface area contributed by atoms with Gasteiger partial charge >= 0.3 is 6.09 Å². The van der Waals surface area contributed by atoms with Gasteiger partial charge in [-0.3, -0.25) is 0 Å². The topological polar surface area (TPSA) is 72.5 Å². The Morgan fingerprint density at radius 2 is 1.72 bits per heavy atom. The largest absolute Gasteiger partial charge is 0.444 e. The third kappa shape index (κ3) is 6.62. The van der Waals surface area contributed by atoms with Crippen LogP contribution in [0, 0.1) is 5.92 Å². The molecule has 1 saturated carbocycles. The van der Waals surface area contributed by atoms with E-state index in [0.29, 0.717) is 4.90 Å². The van der Waals surface area contributed by atoms with Crippen LogP contribution in [0.3, 0.4) is 0 Å². The number of ether oxygens (including phenoxy) is 1. The lowest BCUT2D eigenvalue weighted by Crippen LogP contribution is -2.41. The molecule has 1 aliphatic rings. The number of benzene rings is 1. The monoisotopic (exact) mass is 431 g/mol. The second kappa shape index (κ2) is 8.08. The van der Waals surface area contributed by atoms with Crippen molar-refractivity contribution in [3.8, 4) is 0 Å². The van der Waals surface area contributed by atoms with Gasteiger partial charge in [0.05, 0.1) is 10.6 Å². The van der Waals surface area contributed by atoms with Gasteiger partial charge in [0.1, 0.15) is 5.60 Å². The predicted molar refractivity (Wildman–Crippen MR) is 101 cm³/mol. The minimum Gasteiger partial charge on any atom is -0.444 e. The van der Waals surface area contributed by atoms with Crippen molar-refractivity contribution in [3.63, 3.8) is 0 Å². The van der Waals surface area contributed by atoms with E-state index in [1.54, 1.807) is 24.3 Å². The number of alkyl carbamates (subject to hydrolysis) is 1. The van der Waals surface area contributed by atoms with Gasteiger partial charge in [-0.25, -0.2) is 13.2 Å². The molecule has 1 amide bonds. The second-order valence-corrected chi connectivity index (χ2v) is 10.5. The van der Waals surface area contributed by atoms with E-state index >= 15 is 0 Å². The van der Waals surface area contributed by atoms with Crippen molar-refractivity contribution in [1.29, 1.82) is 0 Å². The van der Waals surface area contributed by atoms with E-state index in [2.05, 4.69) is 21.2 Å². The average molecular weight is 432 g/mol. The van der Waals surface area contributed by atoms with Crippen LogP contribution in [0.1, 0.15) is 46.5 Å². The van der Waals surface area contributed by atoms with Crippen LogP contribution in [0.2, 0.25) is 0 Å². The Kier molecular flexibility index (Phi) is 6.54. The summed E-state index contributed by atoms with van der Waals surface area (Å²) >= 11 is 3.32. The third-order valence-electron chi connectivity index (χ3n) is 4.20. The fourth-order valence-corrected chi connectivity index (χ4v) is 4.96. The molecule has 0 atom stereocenters. The highest BCUT2D eigenvalue weighted by molar-refractivity contribution is 9.10. The Labute approximate surface area is 158 Å². The molecule has 0 radical (unpaired) electrons. The molecule has 0 bridgehead atoms. The molecule has 1 aromatic carbocycles. The zero-order chi connectivity index (χ0) is 18.7. The molecule has 1 aliphatic carbocycles. The normalized spacial score (nSPS) is 21.6. The van der Waals surface area contributed by atoms with Gasteiger partial charge in [0.25, 0.3) is 0 Å². The van der Waals surface area contributed by atoms with E-state index in [-0.39, 0.29) is 17.7 Å². The Morgan fingerprint density at radius 1 is 1.16 bits per heavy atom. The van der Waals surface area contributed by atoms with Gasteiger partial charge in [-0.05, 0) is 76.6 Å². The highest BCUT2D eigenvalue weighted by atomic mass is 79.9. The van der Waals surface area contributed by atoms with Crippen molar-refractivity contribution in [3.05, 3.63) is 28.7 Å². The van der Waals surface area contributed by atoms with Crippen molar-refractivity contribution in [2.45, 2.75) is 63.0 Å². The summed E-state index contributed by atoms with van der Waals surface area (Å²) in [5.41, 5.74) is -0.514. The lowest BCUT2D eigenvalue weighted by Gasteiger charge is -2.30. The van der Waals surface area contributed by atoms with Gasteiger partial charge < -0.3 is 10.1 Å². The Bertz CT molecular complexity index is 687. The summed E-state index contributed by atoms with van der Waals surface area (Å²) < 4.78 is 31.2. The van der Waals surface area contributed by atoms with E-state index in [9.17, 15) is 13.2 Å². The van der Waals surface area contributed by atoms with Gasteiger partial charge in [0, 0.05) is 10.5 Å². The van der Waals surface area contributed by atoms with Crippen LogP contribution in [0.4, 0.5) is 4.79 Å². The summed E-state index contributed by atoms with van der Waals surface area (Å²) in [5, 5.41) is 2.88. The summed E-state index contributed by atoms with van der Waals surface area (Å²) in [6, 6.07) is 6.81. The predicted octanol–water partition coefficient (Wildman–Crippen LogP) is 4.31. The molecule has 1 fully saturated rings. The molecule has 140 valence electrons. The van der Waals surface area contributed by atoms with Crippen molar-refractivity contribution in [1.82, 2.24) is 5.32 Å². The quantitative estimate of drug-likeness (QED) is 0.770. The van der Waals surface area contributed by atoms with Crippen LogP contribution in [0.25, 0.3) is 0 Å². The van der Waals surface area contributed by atoms with Crippen LogP contribution >= 0.6 is 15.9 Å². The maximum atomic E-state index is 12.5. The molecule has 5 nitrogen and oxygen atoms in total. The lowest BCUT2D eigenvalue weighted by molar-refractivity contribution is 0.0488. The summed E-state index contributed by atoms with van der Waals surface area (Å²) in [4.78, 5) is 12.2. The molecular weight excluding hydrogens is 406 g/mol. The fraction of sp³-hybridized carbons (Fsp3) is 0.611. The molecule has 0 spiro atoms. The number of carbonyl (C=O) groups is 1. The molecule has 25 heavy (non-hydrogen) atoms. The van der Waals surface area contributed by atoms with Crippen molar-refractivity contribution < 1.29 is 17.9 Å². The van der Waals surface area contributed by atoms with Crippen LogP contribution < -0.4 is 5.32 Å². The third-order valence-corrected chi connectivity index (χ3v) is 6.62. The highest BCUT2D eigenvalue weighted by Gasteiger charge is 2.28. The molecular formula is C18H26BrNO4S. The van der Waals surface area contributed by atoms with Crippen LogP contribution in [-0.4, -0.2) is 31.9 Å². The van der Waals surface area contributed by atoms with Gasteiger partial charge in [-0.1, -0.05) is 15.9 Å². The first-order valence-electron chi connectivity index (χ1n) is 8.53. The number of hydrogen-bond acceptors (Lipinski definition) is 4. The zero-order valence-corrected chi connectivity index (χ0v) is 17.3. The summed E-state index contributed by atoms with van der Waals surface area (Å²) in [6.45, 7) is 5.49. The van der Waals surface area contributed by atoms with Crippen molar-refractivity contribution in [2.24, 2.45) is 5.92 Å². The summed E-state index contributed by atoms with van der Waals surface area (Å²) in [6.07, 6.45) is 2.73. The van der Waals surface area contributed by atoms with E-state index in [1.165, 1.54) is 0 Å². The summed E-state index contributed by atoms with van der Waals surface area (Å²) in [7, 11) is -3.27. The van der Waals surface area contributed by atoms with Crippen LogP contribution in [0.5, 0.6) is 0 Å². The first-order chi connectivity index (χ1) is 11.5. The van der Waals surface area contributed by atoms with Gasteiger partial charge in [0.15, 0.2) is 9.84 Å². The first kappa shape index (κ1) is 20.2. The molecule has 1 N–H and O–H groups in total. The molecule has 7 heteroatoms. The maximum Gasteiger partial charge on any atom is 0.407 e. The Balaban J connectivity index is 1.84. The molecule has 0 heterocycles. The molecule has 0 aromatic heterocycles. The number of rotatable bonds is 4. The number of halogens is 1. The SMILES string of the molecule is CC(C)(C)OC(=O)NC1CCC(CS(=O)(=O)c2ccc(Br)cc2)CC1. The number of nitrogens with one attached hydrogen (secondary N) is 1. The van der Waals surface area contributed by atoms with Gasteiger partial charge in [-0.15, -0.1) is 0 Å². The Morgan fingerprint density at radius 3 is 2.24 bits per heavy atom. The Hall–Kier alpha value is -1.08. The zero-order valence-electron chi connectivity index (χ0n) is 14.9. The maximum absolute atomic E-state index is 12.5. The average Bonchev–Trinajstić information content (AvgIpc) is 2.47. The van der Waals surface area contributed by atoms with E-state index < -0.39 is 21.5 Å². The molecule has 0 unspecified atom stereocenters. The molecule has 0 aliphatic heterocycles. The van der Waals surface area contributed by atoms with Gasteiger partial charge in [-0.2, -0.15) is 0 Å². The second-order valence-electron chi connectivity index (χ2n) is 7.60. The van der Waals surface area contributed by atoms with Crippen LogP contribution in [-0.2, 0) is 14.6 Å². The summed E-state index contributed by atoms with van der Waals surface area (Å²) in [5.74, 6) is 0.290. The smallest absolute Gasteiger partial charge is 0.407 e. The van der Waals surface area contributed by atoms with E-state index in [4.69, 9.17) is 4.74 Å². The van der Waals surface area contributed by atoms with E-state index in [0.717, 1.165) is 30.2 Å². The molecule has 0 saturated heterocycles. The lowest BCUT2D eigenvalue weighted by atomic mass is 9.87. The van der Waals surface area contributed by atoms with E-state index in [1.807, 2.05) is 20.8 Å². The number of hydrogen-bond donors (Lipinski definition) is 1. The first-order valence-corrected chi connectivity index (χ1v) is 11.0. The highest BCUT2D eigenvalue weighted by Crippen LogP contribution is 2.28. The van der Waals surface area contributed by atoms with Crippen molar-refractivity contribution >= 4 is 31.9 Å².